The Hall–Kier alpha value is -3.61. The molecule has 0 saturated carbocycles. The molecule has 3 rings (SSSR count). The van der Waals surface area contributed by atoms with E-state index in [1.165, 1.54) is 18.2 Å². The highest BCUT2D eigenvalue weighted by molar-refractivity contribution is 5.91. The van der Waals surface area contributed by atoms with Crippen molar-refractivity contribution in [2.45, 2.75) is 19.7 Å². The molecule has 0 spiro atoms. The molecule has 1 amide bonds. The number of carbonyl (C=O) groups excluding carboxylic acids is 1. The quantitative estimate of drug-likeness (QED) is 0.533. The lowest BCUT2D eigenvalue weighted by atomic mass is 10.2. The highest BCUT2D eigenvalue weighted by Crippen LogP contribution is 2.16. The second kappa shape index (κ2) is 10.1. The van der Waals surface area contributed by atoms with E-state index in [9.17, 15) is 13.6 Å². The molecule has 0 bridgehead atoms. The van der Waals surface area contributed by atoms with Crippen molar-refractivity contribution in [3.8, 4) is 5.75 Å². The predicted molar refractivity (Wildman–Crippen MR) is 105 cm³/mol. The van der Waals surface area contributed by atoms with E-state index in [2.05, 4.69) is 14.7 Å². The first-order chi connectivity index (χ1) is 14.1. The van der Waals surface area contributed by atoms with E-state index in [-0.39, 0.29) is 11.7 Å². The van der Waals surface area contributed by atoms with Crippen LogP contribution in [0.1, 0.15) is 16.7 Å². The molecule has 3 aromatic rings. The Kier molecular flexibility index (Phi) is 7.00. The lowest BCUT2D eigenvalue weighted by Crippen LogP contribution is -2.28. The smallest absolute Gasteiger partial charge is 0.387 e. The maximum absolute atomic E-state index is 12.8. The van der Waals surface area contributed by atoms with Crippen molar-refractivity contribution in [2.24, 2.45) is 0 Å². The fraction of sp³-hybridized carbons (Fsp3) is 0.136. The number of hydrogen-bond donors (Lipinski definition) is 0. The van der Waals surface area contributed by atoms with Gasteiger partial charge >= 0.3 is 6.61 Å². The number of halogens is 2. The Labute approximate surface area is 167 Å². The van der Waals surface area contributed by atoms with E-state index in [1.807, 2.05) is 24.3 Å². The van der Waals surface area contributed by atoms with Crippen molar-refractivity contribution >= 4 is 12.0 Å². The summed E-state index contributed by atoms with van der Waals surface area (Å²) >= 11 is 0. The number of alkyl halides is 2. The standard InChI is InChI=1S/C22H19F2N3O2/c23-22(24)29-20-6-3-17(4-7-20)5-8-21(28)27(15-18-9-12-25-13-10-18)16-19-2-1-11-26-14-19/h1-14,22H,15-16H2/b8-5+. The number of rotatable bonds is 8. The van der Waals surface area contributed by atoms with Crippen LogP contribution in [0.5, 0.6) is 5.75 Å². The van der Waals surface area contributed by atoms with Crippen molar-refractivity contribution in [2.75, 3.05) is 0 Å². The molecule has 0 aliphatic heterocycles. The average Bonchev–Trinajstić information content (AvgIpc) is 2.74. The molecule has 7 heteroatoms. The summed E-state index contributed by atoms with van der Waals surface area (Å²) in [5, 5.41) is 0. The van der Waals surface area contributed by atoms with Crippen LogP contribution in [0.15, 0.2) is 79.4 Å². The van der Waals surface area contributed by atoms with Gasteiger partial charge in [-0.3, -0.25) is 14.8 Å². The van der Waals surface area contributed by atoms with Crippen LogP contribution in [0.3, 0.4) is 0 Å². The second-order valence-electron chi connectivity index (χ2n) is 6.19. The predicted octanol–water partition coefficient (Wildman–Crippen LogP) is 4.32. The van der Waals surface area contributed by atoms with Crippen molar-refractivity contribution in [1.29, 1.82) is 0 Å². The molecular weight excluding hydrogens is 376 g/mol. The fourth-order valence-corrected chi connectivity index (χ4v) is 2.67. The molecule has 29 heavy (non-hydrogen) atoms. The third-order valence-corrected chi connectivity index (χ3v) is 4.05. The molecule has 5 nitrogen and oxygen atoms in total. The first-order valence-electron chi connectivity index (χ1n) is 8.90. The van der Waals surface area contributed by atoms with Gasteiger partial charge in [0.1, 0.15) is 5.75 Å². The molecule has 2 heterocycles. The minimum absolute atomic E-state index is 0.0689. The number of aromatic nitrogens is 2. The van der Waals surface area contributed by atoms with Crippen LogP contribution >= 0.6 is 0 Å². The molecular formula is C22H19F2N3O2. The molecule has 0 N–H and O–H groups in total. The minimum atomic E-state index is -2.87. The largest absolute Gasteiger partial charge is 0.435 e. The SMILES string of the molecule is O=C(/C=C/c1ccc(OC(F)F)cc1)N(Cc1ccncc1)Cc1cccnc1. The van der Waals surface area contributed by atoms with Gasteiger partial charge in [0.2, 0.25) is 5.91 Å². The third kappa shape index (κ3) is 6.49. The number of ether oxygens (including phenoxy) is 1. The van der Waals surface area contributed by atoms with Crippen LogP contribution in [0.2, 0.25) is 0 Å². The summed E-state index contributed by atoms with van der Waals surface area (Å²) in [5.74, 6) is -0.113. The molecule has 2 aromatic heterocycles. The zero-order valence-corrected chi connectivity index (χ0v) is 15.5. The van der Waals surface area contributed by atoms with Crippen LogP contribution in [0, 0.1) is 0 Å². The summed E-state index contributed by atoms with van der Waals surface area (Å²) in [6.07, 6.45) is 9.86. The number of hydrogen-bond acceptors (Lipinski definition) is 4. The molecule has 0 aliphatic rings. The number of amides is 1. The van der Waals surface area contributed by atoms with E-state index in [0.29, 0.717) is 18.7 Å². The monoisotopic (exact) mass is 395 g/mol. The summed E-state index contributed by atoms with van der Waals surface area (Å²) in [6, 6.07) is 13.5. The number of pyridine rings is 2. The normalized spacial score (nSPS) is 11.0. The van der Waals surface area contributed by atoms with Gasteiger partial charge in [-0.15, -0.1) is 0 Å². The maximum Gasteiger partial charge on any atom is 0.387 e. The maximum atomic E-state index is 12.8. The summed E-state index contributed by atoms with van der Waals surface area (Å²) in [5.41, 5.74) is 2.57. The van der Waals surface area contributed by atoms with Crippen molar-refractivity contribution < 1.29 is 18.3 Å². The van der Waals surface area contributed by atoms with Gasteiger partial charge in [0.05, 0.1) is 0 Å². The van der Waals surface area contributed by atoms with Crippen LogP contribution in [0.4, 0.5) is 8.78 Å². The van der Waals surface area contributed by atoms with Gasteiger partial charge in [-0.1, -0.05) is 18.2 Å². The van der Waals surface area contributed by atoms with E-state index in [4.69, 9.17) is 0 Å². The lowest BCUT2D eigenvalue weighted by Gasteiger charge is -2.21. The Bertz CT molecular complexity index is 892. The Morgan fingerprint density at radius 2 is 1.69 bits per heavy atom. The highest BCUT2D eigenvalue weighted by atomic mass is 19.3. The molecule has 0 fully saturated rings. The molecule has 0 aliphatic carbocycles. The van der Waals surface area contributed by atoms with Crippen LogP contribution < -0.4 is 4.74 Å². The molecule has 0 unspecified atom stereocenters. The van der Waals surface area contributed by atoms with Crippen LogP contribution in [-0.4, -0.2) is 27.4 Å². The minimum Gasteiger partial charge on any atom is -0.435 e. The fourth-order valence-electron chi connectivity index (χ4n) is 2.67. The van der Waals surface area contributed by atoms with Gasteiger partial charge in [0.15, 0.2) is 0 Å². The van der Waals surface area contributed by atoms with E-state index in [0.717, 1.165) is 11.1 Å². The van der Waals surface area contributed by atoms with Crippen LogP contribution in [-0.2, 0) is 17.9 Å². The first-order valence-corrected chi connectivity index (χ1v) is 8.90. The summed E-state index contributed by atoms with van der Waals surface area (Å²) in [6.45, 7) is -2.05. The topological polar surface area (TPSA) is 55.3 Å². The van der Waals surface area contributed by atoms with Crippen molar-refractivity contribution in [3.63, 3.8) is 0 Å². The zero-order chi connectivity index (χ0) is 20.5. The van der Waals surface area contributed by atoms with E-state index < -0.39 is 6.61 Å². The lowest BCUT2D eigenvalue weighted by molar-refractivity contribution is -0.127. The molecule has 0 saturated heterocycles. The van der Waals surface area contributed by atoms with Crippen LogP contribution in [0.25, 0.3) is 6.08 Å². The number of nitrogens with zero attached hydrogens (tertiary/aromatic N) is 3. The van der Waals surface area contributed by atoms with Gasteiger partial charge in [-0.05, 0) is 53.1 Å². The summed E-state index contributed by atoms with van der Waals surface area (Å²) in [7, 11) is 0. The molecule has 1 aromatic carbocycles. The molecule has 0 atom stereocenters. The molecule has 148 valence electrons. The van der Waals surface area contributed by atoms with Gasteiger partial charge in [0, 0.05) is 44.0 Å². The van der Waals surface area contributed by atoms with E-state index >= 15 is 0 Å². The Morgan fingerprint density at radius 1 is 0.966 bits per heavy atom. The first kappa shape index (κ1) is 20.1. The van der Waals surface area contributed by atoms with Gasteiger partial charge in [-0.25, -0.2) is 0 Å². The number of benzene rings is 1. The third-order valence-electron chi connectivity index (χ3n) is 4.05. The van der Waals surface area contributed by atoms with Gasteiger partial charge in [0.25, 0.3) is 0 Å². The van der Waals surface area contributed by atoms with Gasteiger partial charge in [-0.2, -0.15) is 8.78 Å². The Balaban J connectivity index is 1.72. The zero-order valence-electron chi connectivity index (χ0n) is 15.5. The summed E-state index contributed by atoms with van der Waals surface area (Å²) < 4.78 is 28.8. The highest BCUT2D eigenvalue weighted by Gasteiger charge is 2.12. The van der Waals surface area contributed by atoms with Crippen molar-refractivity contribution in [3.05, 3.63) is 96.1 Å². The summed E-state index contributed by atoms with van der Waals surface area (Å²) in [4.78, 5) is 22.6. The number of carbonyl (C=O) groups is 1. The average molecular weight is 395 g/mol. The Morgan fingerprint density at radius 3 is 2.34 bits per heavy atom. The molecule has 0 radical (unpaired) electrons. The van der Waals surface area contributed by atoms with E-state index in [1.54, 1.807) is 47.9 Å². The van der Waals surface area contributed by atoms with Gasteiger partial charge < -0.3 is 9.64 Å². The second-order valence-corrected chi connectivity index (χ2v) is 6.19. The van der Waals surface area contributed by atoms with Crippen molar-refractivity contribution in [1.82, 2.24) is 14.9 Å².